The standard InChI is InChI=1S/C44H76N5O14PSSi2/c1-25(2)45-20-32-44(13,35-38(58-32)60-43(11,12)59-35)63-64(65,54-23-30-29(62-67(16,17)42(8,9)10)19-34(56-30)49-22-27(4)37(51)47-40(49)53)61-28-18-33(48-21-26(3)36(50)46-39(48)52)57-31(28)24-55-66(14,15)41(5,6)7/h21-22,25,28-35,38,45H,18-20,23-24H2,1-17H3,(H,46,50,52)(H,47,51,53)/t28-,29-,30+,31+,32+,33+,34+,35-,38+,44-,64?/m0/s1. The van der Waals surface area contributed by atoms with Gasteiger partial charge in [0.1, 0.15) is 42.5 Å². The molecule has 4 fully saturated rings. The van der Waals surface area contributed by atoms with Gasteiger partial charge in [-0.25, -0.2) is 9.59 Å². The molecule has 0 bridgehead atoms. The van der Waals surface area contributed by atoms with Gasteiger partial charge < -0.3 is 46.9 Å². The van der Waals surface area contributed by atoms with Crippen molar-refractivity contribution in [3.8, 4) is 0 Å². The first-order valence-corrected chi connectivity index (χ1v) is 31.7. The summed E-state index contributed by atoms with van der Waals surface area (Å²) in [6.45, 7) is 30.3. The minimum Gasteiger partial charge on any atom is -0.414 e. The van der Waals surface area contributed by atoms with E-state index in [1.54, 1.807) is 27.7 Å². The van der Waals surface area contributed by atoms with Crippen LogP contribution < -0.4 is 27.8 Å². The molecule has 0 radical (unpaired) electrons. The molecule has 2 aromatic heterocycles. The molecule has 0 aromatic carbocycles. The number of fused-ring (bicyclic) bond motifs is 1. The molecule has 3 N–H and O–H groups in total. The molecule has 4 aliphatic heterocycles. The second kappa shape index (κ2) is 19.5. The van der Waals surface area contributed by atoms with Crippen LogP contribution in [0.25, 0.3) is 0 Å². The highest BCUT2D eigenvalue weighted by Gasteiger charge is 2.64. The molecule has 11 atom stereocenters. The maximum Gasteiger partial charge on any atom is 0.330 e. The van der Waals surface area contributed by atoms with Crippen molar-refractivity contribution in [3.63, 3.8) is 0 Å². The average molecular weight is 1020 g/mol. The number of aromatic amines is 2. The average Bonchev–Trinajstić information content (AvgIpc) is 3.91. The first kappa shape index (κ1) is 54.3. The molecule has 2 aromatic rings. The summed E-state index contributed by atoms with van der Waals surface area (Å²) in [6, 6.07) is 0.0975. The molecule has 19 nitrogen and oxygen atoms in total. The maximum absolute atomic E-state index is 13.3. The lowest BCUT2D eigenvalue weighted by Gasteiger charge is -2.41. The molecule has 6 heterocycles. The van der Waals surface area contributed by atoms with Gasteiger partial charge in [0.05, 0.1) is 25.4 Å². The van der Waals surface area contributed by atoms with Gasteiger partial charge in [0.25, 0.3) is 11.1 Å². The molecule has 1 unspecified atom stereocenters. The summed E-state index contributed by atoms with van der Waals surface area (Å²) in [7, 11) is -4.83. The van der Waals surface area contributed by atoms with Gasteiger partial charge in [-0.2, -0.15) is 0 Å². The normalized spacial score (nSPS) is 31.2. The fourth-order valence-corrected chi connectivity index (χ4v) is 13.1. The molecular weight excluding hydrogens is 942 g/mol. The lowest BCUT2D eigenvalue weighted by Crippen LogP contribution is -2.52. The van der Waals surface area contributed by atoms with Crippen molar-refractivity contribution < 1.29 is 46.1 Å². The number of nitrogens with zero attached hydrogens (tertiary/aromatic N) is 2. The van der Waals surface area contributed by atoms with Crippen LogP contribution >= 0.6 is 6.72 Å². The molecule has 4 saturated heterocycles. The van der Waals surface area contributed by atoms with E-state index in [-0.39, 0.29) is 42.2 Å². The van der Waals surface area contributed by atoms with E-state index >= 15 is 0 Å². The van der Waals surface area contributed by atoms with E-state index in [1.165, 1.54) is 21.5 Å². The minimum atomic E-state index is -4.04. The van der Waals surface area contributed by atoms with Crippen LogP contribution in [-0.4, -0.2) is 116 Å². The molecular formula is C44H76N5O14PSSi2. The van der Waals surface area contributed by atoms with Crippen LogP contribution in [0.5, 0.6) is 0 Å². The second-order valence-corrected chi connectivity index (χ2v) is 34.9. The lowest BCUT2D eigenvalue weighted by molar-refractivity contribution is -0.224. The Balaban J connectivity index is 1.41. The van der Waals surface area contributed by atoms with Crippen LogP contribution in [0.3, 0.4) is 0 Å². The number of aromatic nitrogens is 4. The Morgan fingerprint density at radius 3 is 1.82 bits per heavy atom. The van der Waals surface area contributed by atoms with Gasteiger partial charge in [0, 0.05) is 48.9 Å². The Hall–Kier alpha value is -2.00. The van der Waals surface area contributed by atoms with Crippen molar-refractivity contribution in [3.05, 3.63) is 65.2 Å². The van der Waals surface area contributed by atoms with Crippen molar-refractivity contribution in [2.75, 3.05) is 19.8 Å². The van der Waals surface area contributed by atoms with Crippen LogP contribution in [0, 0.1) is 13.8 Å². The van der Waals surface area contributed by atoms with E-state index in [1.807, 2.05) is 20.8 Å². The molecule has 0 amide bonds. The highest BCUT2D eigenvalue weighted by molar-refractivity contribution is 8.07. The predicted molar refractivity (Wildman–Crippen MR) is 261 cm³/mol. The summed E-state index contributed by atoms with van der Waals surface area (Å²) < 4.78 is 70.2. The number of hydrogen-bond acceptors (Lipinski definition) is 16. The smallest absolute Gasteiger partial charge is 0.330 e. The Morgan fingerprint density at radius 1 is 0.806 bits per heavy atom. The van der Waals surface area contributed by atoms with Gasteiger partial charge in [-0.3, -0.25) is 33.2 Å². The van der Waals surface area contributed by atoms with Crippen LogP contribution in [0.1, 0.15) is 113 Å². The quantitative estimate of drug-likeness (QED) is 0.123. The number of H-pyrrole nitrogens is 2. The third kappa shape index (κ3) is 12.0. The van der Waals surface area contributed by atoms with E-state index in [9.17, 15) is 19.2 Å². The summed E-state index contributed by atoms with van der Waals surface area (Å²) in [6.07, 6.45) is -3.56. The van der Waals surface area contributed by atoms with E-state index in [2.05, 4.69) is 83.0 Å². The fourth-order valence-electron chi connectivity index (χ4n) is 7.99. The van der Waals surface area contributed by atoms with Crippen molar-refractivity contribution in [1.82, 2.24) is 24.4 Å². The molecule has 6 rings (SSSR count). The largest absolute Gasteiger partial charge is 0.414 e. The highest BCUT2D eigenvalue weighted by Crippen LogP contribution is 2.60. The molecule has 0 saturated carbocycles. The third-order valence-electron chi connectivity index (χ3n) is 14.2. The van der Waals surface area contributed by atoms with Crippen molar-refractivity contribution >= 4 is 35.2 Å². The summed E-state index contributed by atoms with van der Waals surface area (Å²) in [4.78, 5) is 56.2. The Bertz CT molecular complexity index is 2390. The van der Waals surface area contributed by atoms with Crippen LogP contribution in [0.4, 0.5) is 0 Å². The van der Waals surface area contributed by atoms with Crippen LogP contribution in [0.2, 0.25) is 36.3 Å². The molecule has 23 heteroatoms. The summed E-state index contributed by atoms with van der Waals surface area (Å²) >= 11 is 6.54. The van der Waals surface area contributed by atoms with Gasteiger partial charge in [0.2, 0.25) is 0 Å². The maximum atomic E-state index is 13.3. The summed E-state index contributed by atoms with van der Waals surface area (Å²) in [5.41, 5.74) is -2.88. The summed E-state index contributed by atoms with van der Waals surface area (Å²) in [5, 5.41) is 3.14. The first-order chi connectivity index (χ1) is 30.6. The molecule has 0 spiro atoms. The monoisotopic (exact) mass is 1020 g/mol. The minimum absolute atomic E-state index is 0.0975. The van der Waals surface area contributed by atoms with Crippen LogP contribution in [0.15, 0.2) is 31.6 Å². The van der Waals surface area contributed by atoms with Gasteiger partial charge in [-0.1, -0.05) is 55.4 Å². The highest BCUT2D eigenvalue weighted by atomic mass is 32.5. The number of rotatable bonds is 17. The first-order valence-electron chi connectivity index (χ1n) is 23.3. The van der Waals surface area contributed by atoms with Crippen LogP contribution in [-0.2, 0) is 57.9 Å². The SMILES string of the molecule is Cc1cn([C@H]2C[C@H](O[Si](C)(C)C(C)(C)C)[C@@H](COP(=S)(O[C@H]3C[C@H](n4cc(C)c(=O)[nH]c4=O)O[C@@H]3CO[Si](C)(C)C(C)(C)C)O[C@@]3(C)[C@@H](CNC(C)C)O[C@@H]4OC(C)(C)O[C@@H]43)O2)c(=O)[nH]c1=O. The van der Waals surface area contributed by atoms with Gasteiger partial charge in [-0.05, 0) is 82.7 Å². The van der Waals surface area contributed by atoms with Crippen molar-refractivity contribution in [1.29, 1.82) is 0 Å². The lowest BCUT2D eigenvalue weighted by atomic mass is 9.94. The zero-order valence-electron chi connectivity index (χ0n) is 42.4. The van der Waals surface area contributed by atoms with Gasteiger partial charge in [-0.15, -0.1) is 0 Å². The topological polar surface area (TPSA) is 214 Å². The van der Waals surface area contributed by atoms with E-state index < -0.39 is 113 Å². The number of aryl methyl sites for hydroxylation is 2. The van der Waals surface area contributed by atoms with Crippen molar-refractivity contribution in [2.45, 2.75) is 212 Å². The van der Waals surface area contributed by atoms with Gasteiger partial charge in [0.15, 0.2) is 28.7 Å². The van der Waals surface area contributed by atoms with E-state index in [0.29, 0.717) is 17.7 Å². The Morgan fingerprint density at radius 2 is 1.31 bits per heavy atom. The zero-order chi connectivity index (χ0) is 50.0. The van der Waals surface area contributed by atoms with E-state index in [4.69, 9.17) is 57.9 Å². The molecule has 0 aliphatic carbocycles. The number of ether oxygens (including phenoxy) is 5. The van der Waals surface area contributed by atoms with Crippen molar-refractivity contribution in [2.24, 2.45) is 0 Å². The zero-order valence-corrected chi connectivity index (χ0v) is 46.1. The summed E-state index contributed by atoms with van der Waals surface area (Å²) in [5.74, 6) is -1.01. The number of hydrogen-bond donors (Lipinski definition) is 3. The molecule has 4 aliphatic rings. The Labute approximate surface area is 401 Å². The fraction of sp³-hybridized carbons (Fsp3) is 0.818. The molecule has 67 heavy (non-hydrogen) atoms. The van der Waals surface area contributed by atoms with E-state index in [0.717, 1.165) is 0 Å². The molecule has 380 valence electrons. The van der Waals surface area contributed by atoms with Gasteiger partial charge >= 0.3 is 18.1 Å². The number of nitrogens with one attached hydrogen (secondary N) is 3. The second-order valence-electron chi connectivity index (χ2n) is 22.4. The third-order valence-corrected chi connectivity index (χ3v) is 25.6. The predicted octanol–water partition coefficient (Wildman–Crippen LogP) is 5.97. The Kier molecular flexibility index (Phi) is 15.9.